The first-order chi connectivity index (χ1) is 8.93. The van der Waals surface area contributed by atoms with Crippen LogP contribution in [0.25, 0.3) is 0 Å². The third-order valence-corrected chi connectivity index (χ3v) is 3.21. The lowest BCUT2D eigenvalue weighted by atomic mass is 10.3. The normalized spacial score (nSPS) is 13.8. The molecular weight excluding hydrogens is 264 g/mol. The number of allylic oxidation sites excluding steroid dienone is 5. The molecule has 0 aliphatic rings. The van der Waals surface area contributed by atoms with Crippen molar-refractivity contribution >= 4 is 10.1 Å². The van der Waals surface area contributed by atoms with E-state index in [-0.39, 0.29) is 4.91 Å². The summed E-state index contributed by atoms with van der Waals surface area (Å²) in [6, 6.07) is 9.23. The van der Waals surface area contributed by atoms with E-state index in [9.17, 15) is 8.42 Å². The minimum absolute atomic E-state index is 0.126. The summed E-state index contributed by atoms with van der Waals surface area (Å²) in [5, 5.41) is 0. The molecule has 19 heavy (non-hydrogen) atoms. The maximum absolute atomic E-state index is 10.8. The summed E-state index contributed by atoms with van der Waals surface area (Å²) in [6.07, 6.45) is 6.16. The lowest BCUT2D eigenvalue weighted by Crippen LogP contribution is -1.97. The van der Waals surface area contributed by atoms with Gasteiger partial charge >= 0.3 is 0 Å². The fourth-order valence-electron chi connectivity index (χ4n) is 1.18. The van der Waals surface area contributed by atoms with Crippen molar-refractivity contribution in [2.45, 2.75) is 13.8 Å². The second-order valence-corrected chi connectivity index (χ2v) is 5.31. The standard InChI is InChI=1S/C14H16O4S/c1-3-13(18-14-9-5-4-6-10-14)11-7-8-12(2)19(15,16)17/h3-11H,1-2H3,(H,15,16,17)/b11-7-,12-8+,13-3+. The van der Waals surface area contributed by atoms with E-state index in [1.165, 1.54) is 19.1 Å². The summed E-state index contributed by atoms with van der Waals surface area (Å²) < 4.78 is 35.9. The molecule has 0 fully saturated rings. The maximum Gasteiger partial charge on any atom is 0.290 e. The van der Waals surface area contributed by atoms with Crippen molar-refractivity contribution in [3.8, 4) is 5.75 Å². The zero-order valence-electron chi connectivity index (χ0n) is 10.8. The predicted octanol–water partition coefficient (Wildman–Crippen LogP) is 3.32. The Hall–Kier alpha value is -1.85. The molecule has 0 atom stereocenters. The molecule has 0 saturated carbocycles. The molecule has 0 bridgehead atoms. The van der Waals surface area contributed by atoms with Gasteiger partial charge in [-0.25, -0.2) is 0 Å². The summed E-state index contributed by atoms with van der Waals surface area (Å²) in [5.74, 6) is 1.27. The van der Waals surface area contributed by atoms with E-state index < -0.39 is 10.1 Å². The van der Waals surface area contributed by atoms with E-state index in [4.69, 9.17) is 9.29 Å². The molecule has 4 nitrogen and oxygen atoms in total. The van der Waals surface area contributed by atoms with Gasteiger partial charge in [-0.2, -0.15) is 8.42 Å². The molecule has 1 rings (SSSR count). The molecule has 1 aromatic rings. The highest BCUT2D eigenvalue weighted by Gasteiger charge is 2.05. The van der Waals surface area contributed by atoms with Crippen LogP contribution >= 0.6 is 0 Å². The molecule has 1 aromatic carbocycles. The van der Waals surface area contributed by atoms with Crippen molar-refractivity contribution in [2.24, 2.45) is 0 Å². The van der Waals surface area contributed by atoms with Gasteiger partial charge in [0.2, 0.25) is 0 Å². The lowest BCUT2D eigenvalue weighted by molar-refractivity contribution is 0.443. The fraction of sp³-hybridized carbons (Fsp3) is 0.143. The molecule has 0 aliphatic heterocycles. The minimum Gasteiger partial charge on any atom is -0.458 e. The van der Waals surface area contributed by atoms with Crippen LogP contribution in [0.1, 0.15) is 13.8 Å². The van der Waals surface area contributed by atoms with Crippen LogP contribution in [0.3, 0.4) is 0 Å². The monoisotopic (exact) mass is 280 g/mol. The number of para-hydroxylation sites is 1. The van der Waals surface area contributed by atoms with Crippen molar-refractivity contribution in [1.82, 2.24) is 0 Å². The first-order valence-electron chi connectivity index (χ1n) is 5.65. The number of benzene rings is 1. The largest absolute Gasteiger partial charge is 0.458 e. The van der Waals surface area contributed by atoms with E-state index in [1.807, 2.05) is 37.3 Å². The Bertz CT molecular complexity index is 596. The first-order valence-corrected chi connectivity index (χ1v) is 7.09. The van der Waals surface area contributed by atoms with Crippen molar-refractivity contribution in [3.05, 3.63) is 65.3 Å². The van der Waals surface area contributed by atoms with Crippen molar-refractivity contribution in [3.63, 3.8) is 0 Å². The summed E-state index contributed by atoms with van der Waals surface area (Å²) in [7, 11) is -4.12. The summed E-state index contributed by atoms with van der Waals surface area (Å²) >= 11 is 0. The lowest BCUT2D eigenvalue weighted by Gasteiger charge is -2.05. The fourth-order valence-corrected chi connectivity index (χ4v) is 1.43. The molecule has 0 radical (unpaired) electrons. The van der Waals surface area contributed by atoms with Crippen LogP contribution in [-0.2, 0) is 10.1 Å². The number of hydrogen-bond donors (Lipinski definition) is 1. The Morgan fingerprint density at radius 1 is 1.26 bits per heavy atom. The average molecular weight is 280 g/mol. The summed E-state index contributed by atoms with van der Waals surface area (Å²) in [5.41, 5.74) is 0. The van der Waals surface area contributed by atoms with Gasteiger partial charge in [-0.15, -0.1) is 0 Å². The molecule has 0 aliphatic carbocycles. The third-order valence-electron chi connectivity index (χ3n) is 2.26. The van der Waals surface area contributed by atoms with Crippen LogP contribution in [-0.4, -0.2) is 13.0 Å². The molecule has 0 spiro atoms. The number of hydrogen-bond acceptors (Lipinski definition) is 3. The van der Waals surface area contributed by atoms with Crippen LogP contribution in [0.15, 0.2) is 65.3 Å². The van der Waals surface area contributed by atoms with Gasteiger partial charge in [0.1, 0.15) is 11.5 Å². The van der Waals surface area contributed by atoms with Gasteiger partial charge in [-0.1, -0.05) is 24.3 Å². The van der Waals surface area contributed by atoms with Crippen LogP contribution in [0.4, 0.5) is 0 Å². The SMILES string of the molecule is C\C=C(/C=C\C=C(/C)S(=O)(=O)O)Oc1ccccc1. The van der Waals surface area contributed by atoms with E-state index in [0.29, 0.717) is 11.5 Å². The first kappa shape index (κ1) is 15.2. The second kappa shape index (κ2) is 6.92. The summed E-state index contributed by atoms with van der Waals surface area (Å²) in [4.78, 5) is -0.126. The number of rotatable bonds is 5. The van der Waals surface area contributed by atoms with Crippen LogP contribution in [0, 0.1) is 0 Å². The van der Waals surface area contributed by atoms with Crippen molar-refractivity contribution in [2.75, 3.05) is 0 Å². The van der Waals surface area contributed by atoms with Gasteiger partial charge in [0.25, 0.3) is 10.1 Å². The zero-order valence-corrected chi connectivity index (χ0v) is 11.6. The van der Waals surface area contributed by atoms with E-state index in [0.717, 1.165) is 0 Å². The highest BCUT2D eigenvalue weighted by Crippen LogP contribution is 2.13. The Labute approximate surface area is 113 Å². The Morgan fingerprint density at radius 2 is 1.89 bits per heavy atom. The molecule has 102 valence electrons. The van der Waals surface area contributed by atoms with Crippen molar-refractivity contribution < 1.29 is 17.7 Å². The molecule has 0 heterocycles. The van der Waals surface area contributed by atoms with Gasteiger partial charge in [-0.3, -0.25) is 4.55 Å². The van der Waals surface area contributed by atoms with Crippen molar-refractivity contribution in [1.29, 1.82) is 0 Å². The van der Waals surface area contributed by atoms with Crippen LogP contribution in [0.2, 0.25) is 0 Å². The van der Waals surface area contributed by atoms with Crippen LogP contribution in [0.5, 0.6) is 5.75 Å². The van der Waals surface area contributed by atoms with E-state index >= 15 is 0 Å². The van der Waals surface area contributed by atoms with E-state index in [2.05, 4.69) is 0 Å². The molecule has 0 aromatic heterocycles. The van der Waals surface area contributed by atoms with Gasteiger partial charge in [-0.05, 0) is 44.2 Å². The Balaban J connectivity index is 2.75. The van der Waals surface area contributed by atoms with E-state index in [1.54, 1.807) is 12.2 Å². The smallest absolute Gasteiger partial charge is 0.290 e. The predicted molar refractivity (Wildman–Crippen MR) is 75.3 cm³/mol. The highest BCUT2D eigenvalue weighted by molar-refractivity contribution is 7.89. The third kappa shape index (κ3) is 5.54. The summed E-state index contributed by atoms with van der Waals surface area (Å²) in [6.45, 7) is 3.12. The quantitative estimate of drug-likeness (QED) is 0.510. The highest BCUT2D eigenvalue weighted by atomic mass is 32.2. The molecular formula is C14H16O4S. The Kier molecular flexibility index (Phi) is 5.54. The van der Waals surface area contributed by atoms with Gasteiger partial charge in [0, 0.05) is 0 Å². The molecule has 0 unspecified atom stereocenters. The topological polar surface area (TPSA) is 63.6 Å². The van der Waals surface area contributed by atoms with Gasteiger partial charge in [0.05, 0.1) is 4.91 Å². The van der Waals surface area contributed by atoms with Gasteiger partial charge < -0.3 is 4.74 Å². The zero-order chi connectivity index (χ0) is 14.3. The average Bonchev–Trinajstić information content (AvgIpc) is 2.37. The Morgan fingerprint density at radius 3 is 2.42 bits per heavy atom. The van der Waals surface area contributed by atoms with Gasteiger partial charge in [0.15, 0.2) is 0 Å². The van der Waals surface area contributed by atoms with Crippen LogP contribution < -0.4 is 4.74 Å². The molecule has 5 heteroatoms. The maximum atomic E-state index is 10.8. The molecule has 0 saturated heterocycles. The molecule has 0 amide bonds. The molecule has 1 N–H and O–H groups in total. The second-order valence-electron chi connectivity index (χ2n) is 3.72. The number of ether oxygens (including phenoxy) is 1. The minimum atomic E-state index is -4.12.